The molecule has 0 saturated heterocycles. The lowest BCUT2D eigenvalue weighted by Crippen LogP contribution is -2.29. The van der Waals surface area contributed by atoms with Crippen molar-refractivity contribution in [3.63, 3.8) is 0 Å². The minimum atomic E-state index is -1.31. The van der Waals surface area contributed by atoms with E-state index in [-0.39, 0.29) is 0 Å². The molecule has 0 fully saturated rings. The quantitative estimate of drug-likeness (QED) is 0.522. The van der Waals surface area contributed by atoms with Gasteiger partial charge in [-0.1, -0.05) is 84.9 Å². The summed E-state index contributed by atoms with van der Waals surface area (Å²) in [7, 11) is 1.64. The first-order valence-corrected chi connectivity index (χ1v) is 8.64. The Morgan fingerprint density at radius 2 is 1.12 bits per heavy atom. The monoisotopic (exact) mass is 340 g/mol. The Hall–Kier alpha value is -3.10. The lowest BCUT2D eigenvalue weighted by Gasteiger charge is -2.31. The molecule has 0 unspecified atom stereocenters. The molecular weight excluding hydrogens is 320 g/mol. The average molecular weight is 340 g/mol. The molecule has 0 atom stereocenters. The number of benzene rings is 4. The molecule has 0 aliphatic rings. The second-order valence-electron chi connectivity index (χ2n) is 6.34. The maximum absolute atomic E-state index is 12.0. The van der Waals surface area contributed by atoms with Crippen LogP contribution in [0.1, 0.15) is 16.7 Å². The van der Waals surface area contributed by atoms with Gasteiger partial charge in [-0.2, -0.15) is 0 Å². The van der Waals surface area contributed by atoms with Gasteiger partial charge in [-0.25, -0.2) is 0 Å². The van der Waals surface area contributed by atoms with Crippen LogP contribution in [0.3, 0.4) is 0 Å². The van der Waals surface area contributed by atoms with Gasteiger partial charge >= 0.3 is 0 Å². The summed E-state index contributed by atoms with van der Waals surface area (Å²) < 4.78 is 5.68. The predicted molar refractivity (Wildman–Crippen MR) is 105 cm³/mol. The molecule has 0 aromatic heterocycles. The number of aliphatic hydroxyl groups is 1. The molecule has 0 spiro atoms. The van der Waals surface area contributed by atoms with Crippen molar-refractivity contribution in [2.45, 2.75) is 5.60 Å². The van der Waals surface area contributed by atoms with Gasteiger partial charge in [0.2, 0.25) is 0 Å². The molecule has 4 rings (SSSR count). The fourth-order valence-corrected chi connectivity index (χ4v) is 3.51. The minimum absolute atomic E-state index is 0.666. The molecular formula is C24H20O2. The van der Waals surface area contributed by atoms with E-state index in [1.165, 1.54) is 0 Å². The van der Waals surface area contributed by atoms with Gasteiger partial charge in [0, 0.05) is 5.56 Å². The Morgan fingerprint density at radius 1 is 0.654 bits per heavy atom. The molecule has 4 aromatic rings. The van der Waals surface area contributed by atoms with Gasteiger partial charge in [0.05, 0.1) is 7.11 Å². The van der Waals surface area contributed by atoms with E-state index >= 15 is 0 Å². The summed E-state index contributed by atoms with van der Waals surface area (Å²) in [5.41, 5.74) is 1.04. The molecule has 1 N–H and O–H groups in total. The third-order valence-corrected chi connectivity index (χ3v) is 4.84. The number of hydrogen-bond acceptors (Lipinski definition) is 2. The third kappa shape index (κ3) is 2.65. The Morgan fingerprint density at radius 3 is 1.62 bits per heavy atom. The number of rotatable bonds is 4. The van der Waals surface area contributed by atoms with Crippen molar-refractivity contribution in [2.75, 3.05) is 7.11 Å². The number of methoxy groups -OCH3 is 1. The van der Waals surface area contributed by atoms with Crippen LogP contribution in [0.5, 0.6) is 5.75 Å². The van der Waals surface area contributed by atoms with Gasteiger partial charge in [0.25, 0.3) is 0 Å². The van der Waals surface area contributed by atoms with Crippen molar-refractivity contribution in [3.05, 3.63) is 114 Å². The fourth-order valence-electron chi connectivity index (χ4n) is 3.51. The van der Waals surface area contributed by atoms with Crippen molar-refractivity contribution >= 4 is 10.8 Å². The van der Waals surface area contributed by atoms with Gasteiger partial charge < -0.3 is 9.84 Å². The molecule has 0 saturated carbocycles. The van der Waals surface area contributed by atoms with Gasteiger partial charge in [-0.3, -0.25) is 0 Å². The maximum atomic E-state index is 12.0. The molecule has 0 amide bonds. The highest BCUT2D eigenvalue weighted by molar-refractivity contribution is 5.85. The normalized spacial score (nSPS) is 11.5. The minimum Gasteiger partial charge on any atom is -0.496 e. The lowest BCUT2D eigenvalue weighted by atomic mass is 9.79. The van der Waals surface area contributed by atoms with Crippen LogP contribution < -0.4 is 4.74 Å². The molecule has 0 heterocycles. The van der Waals surface area contributed by atoms with Crippen LogP contribution in [-0.4, -0.2) is 12.2 Å². The third-order valence-electron chi connectivity index (χ3n) is 4.84. The molecule has 0 aliphatic carbocycles. The molecule has 0 aliphatic heterocycles. The first kappa shape index (κ1) is 16.4. The average Bonchev–Trinajstić information content (AvgIpc) is 2.73. The van der Waals surface area contributed by atoms with Crippen LogP contribution in [0, 0.1) is 0 Å². The van der Waals surface area contributed by atoms with Crippen molar-refractivity contribution in [1.29, 1.82) is 0 Å². The standard InChI is InChI=1S/C24H20O2/c1-26-23-17-19-11-9-8-10-18(19)16-22(23)24(25,20-12-4-2-5-13-20)21-14-6-3-7-15-21/h2-17,25H,1H3. The zero-order chi connectivity index (χ0) is 18.0. The summed E-state index contributed by atoms with van der Waals surface area (Å²) in [6.45, 7) is 0. The molecule has 2 heteroatoms. The number of ether oxygens (including phenoxy) is 1. The first-order chi connectivity index (χ1) is 12.7. The number of hydrogen-bond donors (Lipinski definition) is 1. The Balaban J connectivity index is 2.06. The second kappa shape index (κ2) is 6.66. The van der Waals surface area contributed by atoms with Crippen LogP contribution >= 0.6 is 0 Å². The summed E-state index contributed by atoms with van der Waals surface area (Å²) in [5, 5.41) is 14.2. The van der Waals surface area contributed by atoms with E-state index in [0.717, 1.165) is 27.5 Å². The smallest absolute Gasteiger partial charge is 0.144 e. The van der Waals surface area contributed by atoms with Crippen LogP contribution in [0.25, 0.3) is 10.8 Å². The highest BCUT2D eigenvalue weighted by Crippen LogP contribution is 2.42. The lowest BCUT2D eigenvalue weighted by molar-refractivity contribution is 0.122. The van der Waals surface area contributed by atoms with Gasteiger partial charge in [-0.05, 0) is 34.0 Å². The first-order valence-electron chi connectivity index (χ1n) is 8.64. The van der Waals surface area contributed by atoms with Gasteiger partial charge in [0.15, 0.2) is 0 Å². The predicted octanol–water partition coefficient (Wildman–Crippen LogP) is 5.13. The van der Waals surface area contributed by atoms with E-state index in [4.69, 9.17) is 4.74 Å². The van der Waals surface area contributed by atoms with Gasteiger partial charge in [0.1, 0.15) is 11.4 Å². The number of fused-ring (bicyclic) bond motifs is 1. The molecule has 2 nitrogen and oxygen atoms in total. The summed E-state index contributed by atoms with van der Waals surface area (Å²) in [6, 6.07) is 31.6. The van der Waals surface area contributed by atoms with E-state index in [2.05, 4.69) is 6.07 Å². The second-order valence-corrected chi connectivity index (χ2v) is 6.34. The van der Waals surface area contributed by atoms with E-state index in [9.17, 15) is 5.11 Å². The largest absolute Gasteiger partial charge is 0.496 e. The zero-order valence-corrected chi connectivity index (χ0v) is 14.6. The van der Waals surface area contributed by atoms with E-state index in [1.54, 1.807) is 7.11 Å². The zero-order valence-electron chi connectivity index (χ0n) is 14.6. The molecule has 0 radical (unpaired) electrons. The van der Waals surface area contributed by atoms with Crippen molar-refractivity contribution in [1.82, 2.24) is 0 Å². The maximum Gasteiger partial charge on any atom is 0.144 e. The van der Waals surface area contributed by atoms with Crippen LogP contribution in [0.4, 0.5) is 0 Å². The summed E-state index contributed by atoms with van der Waals surface area (Å²) in [6.07, 6.45) is 0. The van der Waals surface area contributed by atoms with Crippen LogP contribution in [0.15, 0.2) is 97.1 Å². The van der Waals surface area contributed by atoms with Crippen molar-refractivity contribution in [3.8, 4) is 5.75 Å². The van der Waals surface area contributed by atoms with Crippen LogP contribution in [0.2, 0.25) is 0 Å². The Labute approximate surface area is 153 Å². The molecule has 128 valence electrons. The van der Waals surface area contributed by atoms with Crippen molar-refractivity contribution < 1.29 is 9.84 Å². The van der Waals surface area contributed by atoms with E-state index in [1.807, 2.05) is 91.0 Å². The van der Waals surface area contributed by atoms with Gasteiger partial charge in [-0.15, -0.1) is 0 Å². The fraction of sp³-hybridized carbons (Fsp3) is 0.0833. The highest BCUT2D eigenvalue weighted by atomic mass is 16.5. The molecule has 0 bridgehead atoms. The van der Waals surface area contributed by atoms with E-state index in [0.29, 0.717) is 5.75 Å². The SMILES string of the molecule is COc1cc2ccccc2cc1C(O)(c1ccccc1)c1ccccc1. The van der Waals surface area contributed by atoms with Crippen LogP contribution in [-0.2, 0) is 5.60 Å². The van der Waals surface area contributed by atoms with E-state index < -0.39 is 5.60 Å². The molecule has 4 aromatic carbocycles. The Kier molecular flexibility index (Phi) is 4.19. The summed E-state index contributed by atoms with van der Waals surface area (Å²) in [5.74, 6) is 0.666. The molecule has 26 heavy (non-hydrogen) atoms. The Bertz CT molecular complexity index is 984. The highest BCUT2D eigenvalue weighted by Gasteiger charge is 2.36. The van der Waals surface area contributed by atoms with Crippen molar-refractivity contribution in [2.24, 2.45) is 0 Å². The summed E-state index contributed by atoms with van der Waals surface area (Å²) >= 11 is 0. The summed E-state index contributed by atoms with van der Waals surface area (Å²) in [4.78, 5) is 0. The topological polar surface area (TPSA) is 29.5 Å².